The van der Waals surface area contributed by atoms with Gasteiger partial charge in [-0.15, -0.1) is 0 Å². The summed E-state index contributed by atoms with van der Waals surface area (Å²) in [7, 11) is 4.52. The van der Waals surface area contributed by atoms with Gasteiger partial charge in [0, 0.05) is 32.7 Å². The van der Waals surface area contributed by atoms with Crippen molar-refractivity contribution in [3.63, 3.8) is 0 Å². The first kappa shape index (κ1) is 20.4. The van der Waals surface area contributed by atoms with Crippen molar-refractivity contribution >= 4 is 22.9 Å². The number of methoxy groups -OCH3 is 1. The Hall–Kier alpha value is -3.36. The molecule has 2 aromatic heterocycles. The summed E-state index contributed by atoms with van der Waals surface area (Å²) in [5.74, 6) is 0.876. The Morgan fingerprint density at radius 3 is 2.45 bits per heavy atom. The van der Waals surface area contributed by atoms with Gasteiger partial charge in [-0.05, 0) is 26.0 Å². The Kier molecular flexibility index (Phi) is 5.58. The van der Waals surface area contributed by atoms with Crippen LogP contribution < -0.4 is 20.9 Å². The van der Waals surface area contributed by atoms with Gasteiger partial charge in [0.15, 0.2) is 16.9 Å². The Balaban J connectivity index is 2.23. The van der Waals surface area contributed by atoms with Crippen LogP contribution in [0.2, 0.25) is 0 Å². The summed E-state index contributed by atoms with van der Waals surface area (Å²) in [6.45, 7) is 5.13. The number of ether oxygens (including phenoxy) is 1. The van der Waals surface area contributed by atoms with E-state index in [2.05, 4.69) is 4.98 Å². The molecule has 0 bridgehead atoms. The van der Waals surface area contributed by atoms with Gasteiger partial charge in [0.25, 0.3) is 5.56 Å². The predicted molar refractivity (Wildman–Crippen MR) is 111 cm³/mol. The smallest absolute Gasteiger partial charge is 0.332 e. The normalized spacial score (nSPS) is 11.1. The van der Waals surface area contributed by atoms with Crippen LogP contribution in [0.25, 0.3) is 11.2 Å². The molecule has 0 aliphatic carbocycles. The van der Waals surface area contributed by atoms with E-state index in [1.807, 2.05) is 18.7 Å². The van der Waals surface area contributed by atoms with Crippen LogP contribution >= 0.6 is 0 Å². The van der Waals surface area contributed by atoms with Crippen LogP contribution in [0.5, 0.6) is 5.75 Å². The highest BCUT2D eigenvalue weighted by molar-refractivity contribution is 5.97. The number of fused-ring (bicyclic) bond motifs is 1. The summed E-state index contributed by atoms with van der Waals surface area (Å²) >= 11 is 0. The number of anilines is 1. The maximum Gasteiger partial charge on any atom is 0.332 e. The predicted octanol–water partition coefficient (Wildman–Crippen LogP) is 1.17. The van der Waals surface area contributed by atoms with E-state index in [9.17, 15) is 14.4 Å². The maximum atomic E-state index is 13.0. The Morgan fingerprint density at radius 1 is 1.14 bits per heavy atom. The molecule has 0 saturated carbocycles. The van der Waals surface area contributed by atoms with E-state index in [-0.39, 0.29) is 23.5 Å². The van der Waals surface area contributed by atoms with Gasteiger partial charge >= 0.3 is 5.69 Å². The van der Waals surface area contributed by atoms with Crippen LogP contribution in [0.1, 0.15) is 24.2 Å². The van der Waals surface area contributed by atoms with E-state index < -0.39 is 11.2 Å². The number of nitrogens with zero attached hydrogens (tertiary/aromatic N) is 5. The topological polar surface area (TPSA) is 91.4 Å². The molecule has 3 aromatic rings. The molecule has 29 heavy (non-hydrogen) atoms. The van der Waals surface area contributed by atoms with Crippen molar-refractivity contribution in [2.24, 2.45) is 14.1 Å². The number of aryl methyl sites for hydroxylation is 1. The SMILES string of the molecule is CCN(CC)c1nc2c(c(=O)n(C)c(=O)n2C)n1CC(=O)c1cccc(OC)c1. The third-order valence-electron chi connectivity index (χ3n) is 5.07. The quantitative estimate of drug-likeness (QED) is 0.554. The van der Waals surface area contributed by atoms with Crippen molar-refractivity contribution in [2.45, 2.75) is 20.4 Å². The standard InChI is InChI=1S/C20H25N5O4/c1-6-24(7-2)19-21-17-16(18(27)23(4)20(28)22(17)3)25(19)12-15(26)13-9-8-10-14(11-13)29-5/h8-11H,6-7,12H2,1-5H3. The van der Waals surface area contributed by atoms with Gasteiger partial charge in [-0.2, -0.15) is 4.98 Å². The molecule has 0 aliphatic heterocycles. The van der Waals surface area contributed by atoms with Crippen LogP contribution in [0.4, 0.5) is 5.95 Å². The lowest BCUT2D eigenvalue weighted by Gasteiger charge is -2.21. The third-order valence-corrected chi connectivity index (χ3v) is 5.07. The number of carbonyl (C=O) groups is 1. The van der Waals surface area contributed by atoms with Crippen LogP contribution in [0.3, 0.4) is 0 Å². The second-order valence-corrected chi connectivity index (χ2v) is 6.70. The van der Waals surface area contributed by atoms with Gasteiger partial charge in [0.1, 0.15) is 5.75 Å². The van der Waals surface area contributed by atoms with Crippen molar-refractivity contribution in [1.82, 2.24) is 18.7 Å². The molecule has 1 aromatic carbocycles. The molecule has 0 radical (unpaired) electrons. The zero-order valence-corrected chi connectivity index (χ0v) is 17.3. The minimum atomic E-state index is -0.479. The number of ketones is 1. The highest BCUT2D eigenvalue weighted by atomic mass is 16.5. The first-order valence-electron chi connectivity index (χ1n) is 9.42. The number of hydrogen-bond acceptors (Lipinski definition) is 6. The average Bonchev–Trinajstić information content (AvgIpc) is 3.10. The molecule has 0 fully saturated rings. The number of imidazole rings is 1. The molecule has 0 N–H and O–H groups in total. The lowest BCUT2D eigenvalue weighted by Crippen LogP contribution is -2.37. The highest BCUT2D eigenvalue weighted by Crippen LogP contribution is 2.21. The average molecular weight is 399 g/mol. The van der Waals surface area contributed by atoms with Crippen molar-refractivity contribution in [3.05, 3.63) is 50.7 Å². The molecule has 0 atom stereocenters. The minimum absolute atomic E-state index is 0.0804. The van der Waals surface area contributed by atoms with Gasteiger partial charge in [0.2, 0.25) is 5.95 Å². The van der Waals surface area contributed by atoms with E-state index in [1.54, 1.807) is 35.9 Å². The van der Waals surface area contributed by atoms with Crippen LogP contribution in [0, 0.1) is 0 Å². The van der Waals surface area contributed by atoms with Gasteiger partial charge in [-0.1, -0.05) is 12.1 Å². The summed E-state index contributed by atoms with van der Waals surface area (Å²) in [5.41, 5.74) is 0.0225. The largest absolute Gasteiger partial charge is 0.497 e. The second kappa shape index (κ2) is 7.94. The fourth-order valence-electron chi connectivity index (χ4n) is 3.36. The molecular weight excluding hydrogens is 374 g/mol. The number of hydrogen-bond donors (Lipinski definition) is 0. The lowest BCUT2D eigenvalue weighted by molar-refractivity contribution is 0.0973. The molecule has 0 amide bonds. The van der Waals surface area contributed by atoms with Crippen molar-refractivity contribution in [3.8, 4) is 5.75 Å². The van der Waals surface area contributed by atoms with Gasteiger partial charge in [0.05, 0.1) is 13.7 Å². The van der Waals surface area contributed by atoms with E-state index in [1.165, 1.54) is 18.7 Å². The number of Topliss-reactive ketones (excluding diaryl/α,β-unsaturated/α-hetero) is 1. The van der Waals surface area contributed by atoms with Crippen molar-refractivity contribution in [1.29, 1.82) is 0 Å². The highest BCUT2D eigenvalue weighted by Gasteiger charge is 2.23. The van der Waals surface area contributed by atoms with Crippen LogP contribution in [-0.2, 0) is 20.6 Å². The van der Waals surface area contributed by atoms with Crippen LogP contribution in [0.15, 0.2) is 33.9 Å². The number of benzene rings is 1. The second-order valence-electron chi connectivity index (χ2n) is 6.70. The van der Waals surface area contributed by atoms with E-state index in [4.69, 9.17) is 4.74 Å². The molecule has 3 rings (SSSR count). The summed E-state index contributed by atoms with van der Waals surface area (Å²) in [4.78, 5) is 44.8. The zero-order valence-electron chi connectivity index (χ0n) is 17.3. The van der Waals surface area contributed by atoms with Gasteiger partial charge in [-0.25, -0.2) is 4.79 Å². The summed E-state index contributed by atoms with van der Waals surface area (Å²) in [5, 5.41) is 0. The molecule has 0 unspecified atom stereocenters. The van der Waals surface area contributed by atoms with Gasteiger partial charge in [-0.3, -0.25) is 23.3 Å². The van der Waals surface area contributed by atoms with E-state index >= 15 is 0 Å². The summed E-state index contributed by atoms with van der Waals surface area (Å²) < 4.78 is 9.16. The number of rotatable bonds is 7. The number of carbonyl (C=O) groups excluding carboxylic acids is 1. The first-order valence-corrected chi connectivity index (χ1v) is 9.42. The molecule has 9 heteroatoms. The van der Waals surface area contributed by atoms with Crippen molar-refractivity contribution < 1.29 is 9.53 Å². The molecular formula is C20H25N5O4. The summed E-state index contributed by atoms with van der Waals surface area (Å²) in [6, 6.07) is 6.86. The Labute approximate surface area is 167 Å². The minimum Gasteiger partial charge on any atom is -0.497 e. The fourth-order valence-corrected chi connectivity index (χ4v) is 3.36. The Bertz CT molecular complexity index is 1180. The molecule has 0 aliphatic rings. The maximum absolute atomic E-state index is 13.0. The first-order chi connectivity index (χ1) is 13.8. The van der Waals surface area contributed by atoms with Crippen LogP contribution in [-0.4, -0.2) is 44.7 Å². The zero-order chi connectivity index (χ0) is 21.3. The Morgan fingerprint density at radius 2 is 1.83 bits per heavy atom. The molecule has 9 nitrogen and oxygen atoms in total. The van der Waals surface area contributed by atoms with E-state index in [0.717, 1.165) is 4.57 Å². The van der Waals surface area contributed by atoms with Gasteiger partial charge < -0.3 is 9.64 Å². The third kappa shape index (κ3) is 3.43. The monoisotopic (exact) mass is 399 g/mol. The van der Waals surface area contributed by atoms with E-state index in [0.29, 0.717) is 30.4 Å². The molecule has 0 saturated heterocycles. The molecule has 154 valence electrons. The molecule has 0 spiro atoms. The fraction of sp³-hybridized carbons (Fsp3) is 0.400. The molecule has 2 heterocycles. The lowest BCUT2D eigenvalue weighted by atomic mass is 10.1. The summed E-state index contributed by atoms with van der Waals surface area (Å²) in [6.07, 6.45) is 0. The van der Waals surface area contributed by atoms with Crippen molar-refractivity contribution in [2.75, 3.05) is 25.1 Å². The number of aromatic nitrogens is 4.